The summed E-state index contributed by atoms with van der Waals surface area (Å²) in [4.78, 5) is 0. The van der Waals surface area contributed by atoms with Gasteiger partial charge in [0.05, 0.1) is 0 Å². The van der Waals surface area contributed by atoms with Crippen molar-refractivity contribution in [3.05, 3.63) is 34.9 Å². The van der Waals surface area contributed by atoms with Gasteiger partial charge in [0.1, 0.15) is 11.5 Å². The van der Waals surface area contributed by atoms with E-state index in [1.807, 2.05) is 12.1 Å². The molecule has 2 atom stereocenters. The molecular weight excluding hydrogens is 260 g/mol. The van der Waals surface area contributed by atoms with Gasteiger partial charge in [0.25, 0.3) is 0 Å². The second-order valence-electron chi connectivity index (χ2n) is 6.80. The molecule has 1 aromatic carbocycles. The van der Waals surface area contributed by atoms with Crippen LogP contribution >= 0.6 is 0 Å². The third-order valence-corrected chi connectivity index (χ3v) is 5.15. The lowest BCUT2D eigenvalue weighted by Gasteiger charge is -2.40. The Balaban J connectivity index is 2.51. The Kier molecular flexibility index (Phi) is 4.65. The van der Waals surface area contributed by atoms with Crippen LogP contribution in [0.5, 0.6) is 11.5 Å². The molecule has 0 fully saturated rings. The van der Waals surface area contributed by atoms with Crippen molar-refractivity contribution in [2.24, 2.45) is 5.41 Å². The number of benzene rings is 1. The van der Waals surface area contributed by atoms with Crippen molar-refractivity contribution in [1.29, 1.82) is 0 Å². The first kappa shape index (κ1) is 15.9. The molecule has 2 rings (SSSR count). The first-order chi connectivity index (χ1) is 9.91. The average molecular weight is 288 g/mol. The molecule has 2 N–H and O–H groups in total. The van der Waals surface area contributed by atoms with E-state index in [1.165, 1.54) is 5.57 Å². The maximum Gasteiger partial charge on any atom is 0.123 e. The Bertz CT molecular complexity index is 521. The Hall–Kier alpha value is -1.44. The summed E-state index contributed by atoms with van der Waals surface area (Å²) in [6, 6.07) is 3.65. The summed E-state index contributed by atoms with van der Waals surface area (Å²) in [6.45, 7) is 8.70. The first-order valence-electron chi connectivity index (χ1n) is 8.13. The van der Waals surface area contributed by atoms with Crippen molar-refractivity contribution in [2.75, 3.05) is 0 Å². The van der Waals surface area contributed by atoms with Crippen LogP contribution in [0.15, 0.2) is 23.8 Å². The van der Waals surface area contributed by atoms with Gasteiger partial charge < -0.3 is 10.2 Å². The molecule has 0 aromatic heterocycles. The van der Waals surface area contributed by atoms with Crippen molar-refractivity contribution in [2.45, 2.75) is 65.7 Å². The summed E-state index contributed by atoms with van der Waals surface area (Å²) in [5, 5.41) is 21.0. The Morgan fingerprint density at radius 1 is 1.19 bits per heavy atom. The number of aromatic hydroxyl groups is 2. The molecule has 0 spiro atoms. The number of hydrogen-bond acceptors (Lipinski definition) is 2. The number of aryl methyl sites for hydroxylation is 1. The molecule has 0 unspecified atom stereocenters. The lowest BCUT2D eigenvalue weighted by Crippen LogP contribution is -2.27. The molecular formula is C19H28O2. The summed E-state index contributed by atoms with van der Waals surface area (Å²) >= 11 is 0. The molecule has 1 aromatic rings. The van der Waals surface area contributed by atoms with Crippen LogP contribution in [0, 0.1) is 5.41 Å². The number of phenols is 2. The van der Waals surface area contributed by atoms with Crippen molar-refractivity contribution in [3.63, 3.8) is 0 Å². The van der Waals surface area contributed by atoms with Crippen molar-refractivity contribution in [3.8, 4) is 11.5 Å². The van der Waals surface area contributed by atoms with E-state index in [0.29, 0.717) is 5.56 Å². The highest BCUT2D eigenvalue weighted by Gasteiger charge is 2.37. The zero-order chi connectivity index (χ0) is 15.6. The van der Waals surface area contributed by atoms with Gasteiger partial charge in [-0.2, -0.15) is 0 Å². The van der Waals surface area contributed by atoms with E-state index in [-0.39, 0.29) is 22.8 Å². The van der Waals surface area contributed by atoms with Crippen LogP contribution in [0.25, 0.3) is 0 Å². The minimum absolute atomic E-state index is 0.0897. The van der Waals surface area contributed by atoms with E-state index >= 15 is 0 Å². The number of hydrogen-bond donors (Lipinski definition) is 2. The standard InChI is InChI=1S/C19H28O2/c1-5-7-14-11-16(20)18(17(21)12-14)15-10-13(3)8-9-19(15,4)6-2/h10-12,15,20-21H,5-9H2,1-4H3/t15-,19+/m0/s1. The van der Waals surface area contributed by atoms with Crippen molar-refractivity contribution in [1.82, 2.24) is 0 Å². The van der Waals surface area contributed by atoms with E-state index in [9.17, 15) is 10.2 Å². The Morgan fingerprint density at radius 2 is 1.81 bits per heavy atom. The third-order valence-electron chi connectivity index (χ3n) is 5.15. The molecule has 0 heterocycles. The highest BCUT2D eigenvalue weighted by molar-refractivity contribution is 5.51. The summed E-state index contributed by atoms with van der Waals surface area (Å²) in [7, 11) is 0. The molecule has 21 heavy (non-hydrogen) atoms. The summed E-state index contributed by atoms with van der Waals surface area (Å²) in [6.07, 6.45) is 7.37. The molecule has 0 saturated carbocycles. The fourth-order valence-electron chi connectivity index (χ4n) is 3.47. The van der Waals surface area contributed by atoms with Gasteiger partial charge in [-0.1, -0.05) is 38.8 Å². The van der Waals surface area contributed by atoms with Crippen LogP contribution in [0.4, 0.5) is 0 Å². The van der Waals surface area contributed by atoms with Crippen LogP contribution in [0.3, 0.4) is 0 Å². The Labute approximate surface area is 128 Å². The van der Waals surface area contributed by atoms with Crippen LogP contribution < -0.4 is 0 Å². The molecule has 1 aliphatic rings. The second kappa shape index (κ2) is 6.13. The smallest absolute Gasteiger partial charge is 0.123 e. The van der Waals surface area contributed by atoms with E-state index in [2.05, 4.69) is 33.8 Å². The quantitative estimate of drug-likeness (QED) is 0.739. The number of allylic oxidation sites excluding steroid dienone is 2. The van der Waals surface area contributed by atoms with Gasteiger partial charge in [-0.05, 0) is 55.7 Å². The molecule has 0 bridgehead atoms. The van der Waals surface area contributed by atoms with Gasteiger partial charge >= 0.3 is 0 Å². The van der Waals surface area contributed by atoms with Gasteiger partial charge in [0.15, 0.2) is 0 Å². The van der Waals surface area contributed by atoms with Crippen LogP contribution in [-0.4, -0.2) is 10.2 Å². The fraction of sp³-hybridized carbons (Fsp3) is 0.579. The summed E-state index contributed by atoms with van der Waals surface area (Å²) < 4.78 is 0. The first-order valence-corrected chi connectivity index (χ1v) is 8.13. The fourth-order valence-corrected chi connectivity index (χ4v) is 3.47. The topological polar surface area (TPSA) is 40.5 Å². The van der Waals surface area contributed by atoms with E-state index < -0.39 is 0 Å². The summed E-state index contributed by atoms with van der Waals surface area (Å²) in [5.41, 5.74) is 3.16. The predicted molar refractivity (Wildman–Crippen MR) is 87.9 cm³/mol. The number of rotatable bonds is 4. The van der Waals surface area contributed by atoms with E-state index in [1.54, 1.807) is 0 Å². The Morgan fingerprint density at radius 3 is 2.33 bits per heavy atom. The molecule has 0 aliphatic heterocycles. The second-order valence-corrected chi connectivity index (χ2v) is 6.80. The van der Waals surface area contributed by atoms with Crippen LogP contribution in [-0.2, 0) is 6.42 Å². The highest BCUT2D eigenvalue weighted by atomic mass is 16.3. The van der Waals surface area contributed by atoms with Crippen LogP contribution in [0.2, 0.25) is 0 Å². The van der Waals surface area contributed by atoms with Gasteiger partial charge in [0.2, 0.25) is 0 Å². The van der Waals surface area contributed by atoms with Gasteiger partial charge in [-0.25, -0.2) is 0 Å². The molecule has 0 radical (unpaired) electrons. The molecule has 1 aliphatic carbocycles. The minimum Gasteiger partial charge on any atom is -0.507 e. The average Bonchev–Trinajstić information content (AvgIpc) is 2.42. The molecule has 0 saturated heterocycles. The highest BCUT2D eigenvalue weighted by Crippen LogP contribution is 2.52. The van der Waals surface area contributed by atoms with Crippen LogP contribution in [0.1, 0.15) is 70.4 Å². The largest absolute Gasteiger partial charge is 0.507 e. The number of phenolic OH excluding ortho intramolecular Hbond substituents is 2. The van der Waals surface area contributed by atoms with Crippen molar-refractivity contribution < 1.29 is 10.2 Å². The minimum atomic E-state index is 0.0897. The third kappa shape index (κ3) is 3.09. The van der Waals surface area contributed by atoms with E-state index in [4.69, 9.17) is 0 Å². The van der Waals surface area contributed by atoms with E-state index in [0.717, 1.165) is 37.7 Å². The molecule has 2 nitrogen and oxygen atoms in total. The maximum absolute atomic E-state index is 10.5. The lowest BCUT2D eigenvalue weighted by molar-refractivity contribution is 0.231. The monoisotopic (exact) mass is 288 g/mol. The zero-order valence-electron chi connectivity index (χ0n) is 13.7. The predicted octanol–water partition coefficient (Wildman–Crippen LogP) is 5.29. The summed E-state index contributed by atoms with van der Waals surface area (Å²) in [5.74, 6) is 0.579. The lowest BCUT2D eigenvalue weighted by atomic mass is 9.64. The maximum atomic E-state index is 10.5. The van der Waals surface area contributed by atoms with Gasteiger partial charge in [-0.15, -0.1) is 0 Å². The molecule has 116 valence electrons. The SMILES string of the molecule is CCCc1cc(O)c([C@@H]2C=C(C)CC[C@@]2(C)CC)c(O)c1. The van der Waals surface area contributed by atoms with Gasteiger partial charge in [-0.3, -0.25) is 0 Å². The molecule has 2 heteroatoms. The van der Waals surface area contributed by atoms with Gasteiger partial charge in [0, 0.05) is 11.5 Å². The normalized spacial score (nSPS) is 25.7. The zero-order valence-corrected chi connectivity index (χ0v) is 13.7. The van der Waals surface area contributed by atoms with Crippen molar-refractivity contribution >= 4 is 0 Å². The molecule has 0 amide bonds.